The van der Waals surface area contributed by atoms with E-state index in [1.54, 1.807) is 22.6 Å². The monoisotopic (exact) mass is 562 g/mol. The second-order valence-corrected chi connectivity index (χ2v) is 8.67. The van der Waals surface area contributed by atoms with E-state index in [0.29, 0.717) is 11.9 Å². The van der Waals surface area contributed by atoms with Crippen molar-refractivity contribution < 1.29 is 23.9 Å². The van der Waals surface area contributed by atoms with E-state index >= 15 is 0 Å². The highest BCUT2D eigenvalue weighted by Crippen LogP contribution is 2.34. The normalized spacial score (nSPS) is 11.7. The SMILES string of the molecule is CC(C)(O)OCCCONC(=O)c1c(Cl)c2ccncn2c1Nc1ccc(I)cc1F. The van der Waals surface area contributed by atoms with Gasteiger partial charge in [-0.2, -0.15) is 0 Å². The molecule has 0 bridgehead atoms. The number of halogens is 3. The highest BCUT2D eigenvalue weighted by Gasteiger charge is 2.24. The summed E-state index contributed by atoms with van der Waals surface area (Å²) in [7, 11) is 0. The zero-order valence-corrected chi connectivity index (χ0v) is 19.7. The number of nitrogens with zero attached hydrogens (tertiary/aromatic N) is 2. The van der Waals surface area contributed by atoms with Gasteiger partial charge in [-0.05, 0) is 67.1 Å². The zero-order chi connectivity index (χ0) is 22.6. The molecule has 1 amide bonds. The summed E-state index contributed by atoms with van der Waals surface area (Å²) in [6.07, 6.45) is 3.45. The van der Waals surface area contributed by atoms with Crippen LogP contribution in [0.2, 0.25) is 5.02 Å². The lowest BCUT2D eigenvalue weighted by atomic mass is 10.2. The van der Waals surface area contributed by atoms with Crippen LogP contribution in [0.5, 0.6) is 0 Å². The Balaban J connectivity index is 1.78. The second kappa shape index (κ2) is 10.1. The third-order valence-electron chi connectivity index (χ3n) is 4.10. The number of carbonyl (C=O) groups excluding carboxylic acids is 1. The summed E-state index contributed by atoms with van der Waals surface area (Å²) in [6.45, 7) is 3.45. The number of ether oxygens (including phenoxy) is 1. The molecule has 3 N–H and O–H groups in total. The van der Waals surface area contributed by atoms with Gasteiger partial charge in [0, 0.05) is 9.77 Å². The topological polar surface area (TPSA) is 97.1 Å². The van der Waals surface area contributed by atoms with Crippen LogP contribution in [-0.2, 0) is 9.57 Å². The van der Waals surface area contributed by atoms with Crippen molar-refractivity contribution in [2.24, 2.45) is 0 Å². The molecule has 3 rings (SSSR count). The molecule has 0 aliphatic rings. The number of hydrogen-bond acceptors (Lipinski definition) is 6. The first kappa shape index (κ1) is 23.7. The summed E-state index contributed by atoms with van der Waals surface area (Å²) in [5.41, 5.74) is 3.12. The molecule has 0 spiro atoms. The average molecular weight is 563 g/mol. The molecule has 0 saturated carbocycles. The minimum absolute atomic E-state index is 0.0837. The van der Waals surface area contributed by atoms with E-state index in [4.69, 9.17) is 21.2 Å². The van der Waals surface area contributed by atoms with Crippen molar-refractivity contribution in [3.05, 3.63) is 56.8 Å². The van der Waals surface area contributed by atoms with Gasteiger partial charge in [0.1, 0.15) is 23.5 Å². The van der Waals surface area contributed by atoms with Crippen molar-refractivity contribution in [3.8, 4) is 0 Å². The lowest BCUT2D eigenvalue weighted by Crippen LogP contribution is -2.27. The third kappa shape index (κ3) is 6.04. The smallest absolute Gasteiger partial charge is 0.280 e. The lowest BCUT2D eigenvalue weighted by Gasteiger charge is -2.17. The molecule has 0 fully saturated rings. The molecule has 1 aromatic carbocycles. The van der Waals surface area contributed by atoms with Crippen LogP contribution in [0.1, 0.15) is 30.6 Å². The predicted octanol–water partition coefficient (Wildman–Crippen LogP) is 4.27. The summed E-state index contributed by atoms with van der Waals surface area (Å²) >= 11 is 8.46. The number of amides is 1. The Kier molecular flexibility index (Phi) is 7.70. The number of nitrogens with one attached hydrogen (secondary N) is 2. The Morgan fingerprint density at radius 2 is 2.13 bits per heavy atom. The highest BCUT2D eigenvalue weighted by molar-refractivity contribution is 14.1. The van der Waals surface area contributed by atoms with Gasteiger partial charge in [0.2, 0.25) is 0 Å². The standard InChI is InChI=1S/C20H21ClFIN4O4/c1-20(2,29)30-8-3-9-31-26-19(28)16-17(21)15-6-7-24-11-27(15)18(16)25-14-5-4-12(23)10-13(14)22/h4-7,10-11,25,29H,3,8-9H2,1-2H3,(H,26,28). The molecule has 0 saturated heterocycles. The Morgan fingerprint density at radius 3 is 2.84 bits per heavy atom. The van der Waals surface area contributed by atoms with E-state index in [1.165, 1.54) is 32.4 Å². The number of carbonyl (C=O) groups is 1. The number of rotatable bonds is 9. The predicted molar refractivity (Wildman–Crippen MR) is 123 cm³/mol. The van der Waals surface area contributed by atoms with E-state index in [-0.39, 0.29) is 35.3 Å². The van der Waals surface area contributed by atoms with Crippen LogP contribution < -0.4 is 10.8 Å². The average Bonchev–Trinajstić information content (AvgIpc) is 2.98. The van der Waals surface area contributed by atoms with Crippen LogP contribution in [0.4, 0.5) is 15.9 Å². The maximum Gasteiger partial charge on any atom is 0.280 e. The van der Waals surface area contributed by atoms with Crippen LogP contribution in [0.15, 0.2) is 36.8 Å². The molecule has 0 unspecified atom stereocenters. The van der Waals surface area contributed by atoms with Crippen LogP contribution in [-0.4, -0.2) is 39.4 Å². The number of hydrogen-bond donors (Lipinski definition) is 3. The zero-order valence-electron chi connectivity index (χ0n) is 16.8. The molecule has 2 aromatic heterocycles. The van der Waals surface area contributed by atoms with Gasteiger partial charge in [-0.15, -0.1) is 0 Å². The maximum atomic E-state index is 14.4. The molecule has 8 nitrogen and oxygen atoms in total. The van der Waals surface area contributed by atoms with E-state index in [0.717, 1.165) is 3.57 Å². The van der Waals surface area contributed by atoms with Gasteiger partial charge in [0.15, 0.2) is 5.79 Å². The van der Waals surface area contributed by atoms with Gasteiger partial charge in [-0.3, -0.25) is 14.0 Å². The molecule has 11 heteroatoms. The van der Waals surface area contributed by atoms with E-state index in [2.05, 4.69) is 15.8 Å². The Morgan fingerprint density at radius 1 is 1.35 bits per heavy atom. The first-order valence-corrected chi connectivity index (χ1v) is 10.8. The van der Waals surface area contributed by atoms with Gasteiger partial charge >= 0.3 is 0 Å². The minimum atomic E-state index is -1.23. The highest BCUT2D eigenvalue weighted by atomic mass is 127. The van der Waals surface area contributed by atoms with E-state index in [1.807, 2.05) is 22.6 Å². The fourth-order valence-corrected chi connectivity index (χ4v) is 3.52. The largest absolute Gasteiger partial charge is 0.366 e. The second-order valence-electron chi connectivity index (χ2n) is 7.05. The summed E-state index contributed by atoms with van der Waals surface area (Å²) in [4.78, 5) is 22.1. The number of hydroxylamine groups is 1. The van der Waals surface area contributed by atoms with E-state index in [9.17, 15) is 14.3 Å². The molecule has 3 aromatic rings. The Hall–Kier alpha value is -1.99. The molecular formula is C20H21ClFIN4O4. The van der Waals surface area contributed by atoms with Crippen LogP contribution in [0.3, 0.4) is 0 Å². The molecule has 166 valence electrons. The summed E-state index contributed by atoms with van der Waals surface area (Å²) in [6, 6.07) is 6.32. The Labute approximate surface area is 196 Å². The summed E-state index contributed by atoms with van der Waals surface area (Å²) in [5, 5.41) is 12.6. The molecular weight excluding hydrogens is 542 g/mol. The van der Waals surface area contributed by atoms with Crippen molar-refractivity contribution in [3.63, 3.8) is 0 Å². The first-order valence-electron chi connectivity index (χ1n) is 9.31. The molecule has 0 aliphatic carbocycles. The fourth-order valence-electron chi connectivity index (χ4n) is 2.74. The van der Waals surface area contributed by atoms with Crippen LogP contribution in [0, 0.1) is 9.39 Å². The summed E-state index contributed by atoms with van der Waals surface area (Å²) < 4.78 is 21.9. The van der Waals surface area contributed by atoms with Crippen molar-refractivity contribution >= 4 is 57.1 Å². The van der Waals surface area contributed by atoms with Gasteiger partial charge in [0.05, 0.1) is 29.4 Å². The number of aromatic nitrogens is 2. The van der Waals surface area contributed by atoms with Crippen LogP contribution in [0.25, 0.3) is 5.52 Å². The molecule has 0 atom stereocenters. The van der Waals surface area contributed by atoms with Gasteiger partial charge < -0.3 is 15.2 Å². The van der Waals surface area contributed by atoms with Crippen molar-refractivity contribution in [1.82, 2.24) is 14.9 Å². The lowest BCUT2D eigenvalue weighted by molar-refractivity contribution is -0.178. The number of fused-ring (bicyclic) bond motifs is 1. The van der Waals surface area contributed by atoms with Crippen molar-refractivity contribution in [2.75, 3.05) is 18.5 Å². The summed E-state index contributed by atoms with van der Waals surface area (Å²) in [5.74, 6) is -2.07. The third-order valence-corrected chi connectivity index (χ3v) is 5.16. The minimum Gasteiger partial charge on any atom is -0.366 e. The molecule has 2 heterocycles. The quantitative estimate of drug-likeness (QED) is 0.156. The van der Waals surface area contributed by atoms with Crippen molar-refractivity contribution in [1.29, 1.82) is 0 Å². The molecule has 0 radical (unpaired) electrons. The van der Waals surface area contributed by atoms with E-state index < -0.39 is 17.5 Å². The van der Waals surface area contributed by atoms with Gasteiger partial charge in [-0.25, -0.2) is 14.9 Å². The van der Waals surface area contributed by atoms with Gasteiger partial charge in [0.25, 0.3) is 5.91 Å². The van der Waals surface area contributed by atoms with Crippen LogP contribution >= 0.6 is 34.2 Å². The Bertz CT molecular complexity index is 1090. The number of benzene rings is 1. The fraction of sp³-hybridized carbons (Fsp3) is 0.300. The number of anilines is 2. The number of aliphatic hydroxyl groups is 1. The van der Waals surface area contributed by atoms with Crippen molar-refractivity contribution in [2.45, 2.75) is 26.1 Å². The maximum absolute atomic E-state index is 14.4. The molecule has 0 aliphatic heterocycles. The molecule has 31 heavy (non-hydrogen) atoms. The van der Waals surface area contributed by atoms with Gasteiger partial charge in [-0.1, -0.05) is 11.6 Å². The first-order chi connectivity index (χ1) is 14.7.